The fraction of sp³-hybridized carbons (Fsp3) is 0.455. The number of halogens is 2. The zero-order chi connectivity index (χ0) is 10.1. The van der Waals surface area contributed by atoms with Crippen molar-refractivity contribution in [2.75, 3.05) is 0 Å². The van der Waals surface area contributed by atoms with E-state index in [0.717, 1.165) is 29.4 Å². The van der Waals surface area contributed by atoms with Crippen LogP contribution in [0.25, 0.3) is 0 Å². The molecule has 1 aromatic carbocycles. The number of hydrogen-bond donors (Lipinski definition) is 1. The summed E-state index contributed by atoms with van der Waals surface area (Å²) in [5, 5.41) is 3.39. The Morgan fingerprint density at radius 1 is 1.57 bits per heavy atom. The average molecular weight is 258 g/mol. The number of rotatable bonds is 1. The van der Waals surface area contributed by atoms with Crippen LogP contribution in [-0.2, 0) is 13.0 Å². The highest BCUT2D eigenvalue weighted by Crippen LogP contribution is 2.27. The van der Waals surface area contributed by atoms with Crippen molar-refractivity contribution in [3.8, 4) is 0 Å². The van der Waals surface area contributed by atoms with Gasteiger partial charge >= 0.3 is 0 Å². The summed E-state index contributed by atoms with van der Waals surface area (Å²) in [6.45, 7) is 2.95. The van der Waals surface area contributed by atoms with E-state index in [1.807, 2.05) is 0 Å². The Morgan fingerprint density at radius 3 is 3.07 bits per heavy atom. The highest BCUT2D eigenvalue weighted by Gasteiger charge is 2.19. The van der Waals surface area contributed by atoms with Gasteiger partial charge in [-0.2, -0.15) is 0 Å². The van der Waals surface area contributed by atoms with Gasteiger partial charge in [0.2, 0.25) is 0 Å². The normalized spacial score (nSPS) is 20.6. The van der Waals surface area contributed by atoms with E-state index in [1.54, 1.807) is 12.1 Å². The van der Waals surface area contributed by atoms with Gasteiger partial charge < -0.3 is 5.32 Å². The van der Waals surface area contributed by atoms with Gasteiger partial charge in [0, 0.05) is 17.1 Å². The van der Waals surface area contributed by atoms with Crippen LogP contribution in [0, 0.1) is 5.82 Å². The lowest BCUT2D eigenvalue weighted by Gasteiger charge is -2.26. The first-order valence-electron chi connectivity index (χ1n) is 4.91. The molecule has 0 amide bonds. The Balaban J connectivity index is 2.37. The van der Waals surface area contributed by atoms with E-state index in [1.165, 1.54) is 5.56 Å². The van der Waals surface area contributed by atoms with E-state index in [2.05, 4.69) is 28.2 Å². The molecule has 0 fully saturated rings. The van der Waals surface area contributed by atoms with Crippen LogP contribution in [0.4, 0.5) is 4.39 Å². The molecular formula is C11H13BrFN. The summed E-state index contributed by atoms with van der Waals surface area (Å²) in [6, 6.07) is 3.71. The summed E-state index contributed by atoms with van der Waals surface area (Å²) < 4.78 is 14.0. The van der Waals surface area contributed by atoms with Crippen LogP contribution in [0.1, 0.15) is 24.5 Å². The first kappa shape index (κ1) is 10.1. The molecule has 0 radical (unpaired) electrons. The molecule has 0 spiro atoms. The van der Waals surface area contributed by atoms with Crippen molar-refractivity contribution in [3.05, 3.63) is 33.5 Å². The maximum Gasteiger partial charge on any atom is 0.124 e. The molecule has 1 aliphatic heterocycles. The van der Waals surface area contributed by atoms with E-state index in [9.17, 15) is 4.39 Å². The molecule has 0 aliphatic carbocycles. The number of fused-ring (bicyclic) bond motifs is 1. The van der Waals surface area contributed by atoms with E-state index >= 15 is 0 Å². The molecule has 1 aromatic rings. The van der Waals surface area contributed by atoms with Crippen molar-refractivity contribution in [2.24, 2.45) is 0 Å². The lowest BCUT2D eigenvalue weighted by molar-refractivity contribution is 0.464. The fourth-order valence-electron chi connectivity index (χ4n) is 1.90. The molecule has 2 rings (SSSR count). The van der Waals surface area contributed by atoms with Gasteiger partial charge in [-0.25, -0.2) is 4.39 Å². The third-order valence-corrected chi connectivity index (χ3v) is 3.48. The molecule has 1 aliphatic rings. The van der Waals surface area contributed by atoms with Crippen molar-refractivity contribution < 1.29 is 4.39 Å². The lowest BCUT2D eigenvalue weighted by Crippen LogP contribution is -2.35. The monoisotopic (exact) mass is 257 g/mol. The molecule has 1 nitrogen and oxygen atoms in total. The van der Waals surface area contributed by atoms with Gasteiger partial charge in [-0.15, -0.1) is 0 Å². The zero-order valence-electron chi connectivity index (χ0n) is 8.11. The van der Waals surface area contributed by atoms with Crippen molar-refractivity contribution >= 4 is 15.9 Å². The summed E-state index contributed by atoms with van der Waals surface area (Å²) in [5.74, 6) is -0.160. The Kier molecular flexibility index (Phi) is 2.88. The number of hydrogen-bond acceptors (Lipinski definition) is 1. The van der Waals surface area contributed by atoms with Gasteiger partial charge in [-0.1, -0.05) is 22.9 Å². The van der Waals surface area contributed by atoms with Crippen LogP contribution < -0.4 is 5.32 Å². The number of nitrogens with one attached hydrogen (secondary N) is 1. The molecule has 0 saturated carbocycles. The fourth-order valence-corrected chi connectivity index (χ4v) is 2.54. The van der Waals surface area contributed by atoms with Gasteiger partial charge in [-0.05, 0) is 36.1 Å². The molecule has 0 aromatic heterocycles. The maximum absolute atomic E-state index is 13.1. The smallest absolute Gasteiger partial charge is 0.124 e. The third kappa shape index (κ3) is 1.84. The van der Waals surface area contributed by atoms with Crippen molar-refractivity contribution in [1.29, 1.82) is 0 Å². The van der Waals surface area contributed by atoms with Crippen LogP contribution in [0.5, 0.6) is 0 Å². The molecule has 76 valence electrons. The zero-order valence-corrected chi connectivity index (χ0v) is 9.70. The third-order valence-electron chi connectivity index (χ3n) is 2.78. The molecule has 1 N–H and O–H groups in total. The van der Waals surface area contributed by atoms with Crippen molar-refractivity contribution in [1.82, 2.24) is 5.32 Å². The van der Waals surface area contributed by atoms with Gasteiger partial charge in [0.1, 0.15) is 5.82 Å². The van der Waals surface area contributed by atoms with Gasteiger partial charge in [0.15, 0.2) is 0 Å². The topological polar surface area (TPSA) is 12.0 Å². The highest BCUT2D eigenvalue weighted by molar-refractivity contribution is 9.10. The summed E-state index contributed by atoms with van der Waals surface area (Å²) in [5.41, 5.74) is 2.35. The van der Waals surface area contributed by atoms with E-state index in [0.29, 0.717) is 6.04 Å². The highest BCUT2D eigenvalue weighted by atomic mass is 79.9. The second-order valence-electron chi connectivity index (χ2n) is 3.72. The van der Waals surface area contributed by atoms with E-state index in [-0.39, 0.29) is 5.82 Å². The van der Waals surface area contributed by atoms with Gasteiger partial charge in [-0.3, -0.25) is 0 Å². The van der Waals surface area contributed by atoms with Gasteiger partial charge in [0.25, 0.3) is 0 Å². The van der Waals surface area contributed by atoms with Crippen LogP contribution in [0.15, 0.2) is 16.6 Å². The van der Waals surface area contributed by atoms with Crippen LogP contribution in [-0.4, -0.2) is 6.04 Å². The molecule has 0 bridgehead atoms. The summed E-state index contributed by atoms with van der Waals surface area (Å²) >= 11 is 3.42. The minimum Gasteiger partial charge on any atom is -0.310 e. The van der Waals surface area contributed by atoms with Crippen LogP contribution in [0.2, 0.25) is 0 Å². The van der Waals surface area contributed by atoms with Crippen molar-refractivity contribution in [3.63, 3.8) is 0 Å². The molecule has 1 heterocycles. The summed E-state index contributed by atoms with van der Waals surface area (Å²) in [4.78, 5) is 0. The molecule has 3 heteroatoms. The van der Waals surface area contributed by atoms with Crippen molar-refractivity contribution in [2.45, 2.75) is 32.4 Å². The molecule has 1 atom stereocenters. The first-order valence-corrected chi connectivity index (χ1v) is 5.70. The van der Waals surface area contributed by atoms with E-state index < -0.39 is 0 Å². The second kappa shape index (κ2) is 3.99. The lowest BCUT2D eigenvalue weighted by atomic mass is 9.94. The minimum atomic E-state index is -0.160. The Labute approximate surface area is 91.8 Å². The molecule has 14 heavy (non-hydrogen) atoms. The Bertz CT molecular complexity index is 351. The molecule has 0 saturated heterocycles. The molecule has 1 unspecified atom stereocenters. The first-order chi connectivity index (χ1) is 6.70. The van der Waals surface area contributed by atoms with Crippen LogP contribution >= 0.6 is 15.9 Å². The second-order valence-corrected chi connectivity index (χ2v) is 4.57. The number of benzene rings is 1. The quantitative estimate of drug-likeness (QED) is 0.816. The van der Waals surface area contributed by atoms with Gasteiger partial charge in [0.05, 0.1) is 0 Å². The SMILES string of the molecule is CCC1Cc2c(Br)cc(F)cc2CN1. The summed E-state index contributed by atoms with van der Waals surface area (Å²) in [6.07, 6.45) is 2.11. The average Bonchev–Trinajstić information content (AvgIpc) is 2.17. The minimum absolute atomic E-state index is 0.160. The Hall–Kier alpha value is -0.410. The van der Waals surface area contributed by atoms with E-state index in [4.69, 9.17) is 0 Å². The standard InChI is InChI=1S/C11H13BrFN/c1-2-9-5-10-7(6-14-9)3-8(13)4-11(10)12/h3-4,9,14H,2,5-6H2,1H3. The summed E-state index contributed by atoms with van der Waals surface area (Å²) in [7, 11) is 0. The predicted octanol–water partition coefficient (Wildman–Crippen LogP) is 3.01. The predicted molar refractivity (Wildman–Crippen MR) is 58.7 cm³/mol. The Morgan fingerprint density at radius 2 is 2.36 bits per heavy atom. The molecular weight excluding hydrogens is 245 g/mol. The maximum atomic E-state index is 13.1. The van der Waals surface area contributed by atoms with Crippen LogP contribution in [0.3, 0.4) is 0 Å². The largest absolute Gasteiger partial charge is 0.310 e.